The van der Waals surface area contributed by atoms with Gasteiger partial charge in [0.25, 0.3) is 0 Å². The van der Waals surface area contributed by atoms with Gasteiger partial charge in [0.1, 0.15) is 45.7 Å². The number of benzene rings is 5. The maximum atomic E-state index is 13.2. The quantitative estimate of drug-likeness (QED) is 0.0814. The summed E-state index contributed by atoms with van der Waals surface area (Å²) in [5, 5.41) is 2.19. The van der Waals surface area contributed by atoms with Crippen LogP contribution in [0.2, 0.25) is 0 Å². The fourth-order valence-corrected chi connectivity index (χ4v) is 16.7. The zero-order valence-corrected chi connectivity index (χ0v) is 61.6. The van der Waals surface area contributed by atoms with Crippen LogP contribution in [-0.4, -0.2) is 130 Å². The van der Waals surface area contributed by atoms with Gasteiger partial charge in [-0.25, -0.2) is 39.1 Å². The number of carbonyl (C=O) groups is 4. The molecule has 0 spiro atoms. The van der Waals surface area contributed by atoms with Gasteiger partial charge < -0.3 is 38.9 Å². The van der Waals surface area contributed by atoms with Crippen LogP contribution in [0.15, 0.2) is 109 Å². The zero-order chi connectivity index (χ0) is 72.1. The third-order valence-corrected chi connectivity index (χ3v) is 21.6. The fourth-order valence-electron chi connectivity index (χ4n) is 16.7. The molecule has 8 heterocycles. The van der Waals surface area contributed by atoms with Gasteiger partial charge in [0.05, 0.1) is 64.7 Å². The van der Waals surface area contributed by atoms with Crippen LogP contribution < -0.4 is 0 Å². The number of piperidine rings is 4. The molecular weight excluding hydrogens is 1340 g/mol. The number of nitrogens with one attached hydrogen (secondary N) is 4. The third kappa shape index (κ3) is 13.6. The van der Waals surface area contributed by atoms with Gasteiger partial charge in [-0.2, -0.15) is 0 Å². The number of amides is 4. The number of likely N-dealkylation sites (tertiary alicyclic amines) is 4. The van der Waals surface area contributed by atoms with Gasteiger partial charge in [0.15, 0.2) is 0 Å². The molecule has 5 aliphatic carbocycles. The van der Waals surface area contributed by atoms with E-state index >= 15 is 0 Å². The summed E-state index contributed by atoms with van der Waals surface area (Å²) in [6, 6.07) is 35.1. The van der Waals surface area contributed by atoms with Crippen molar-refractivity contribution in [3.63, 3.8) is 0 Å². The normalized spacial score (nSPS) is 25.2. The molecule has 18 rings (SSSR count). The molecule has 4 aromatic heterocycles. The van der Waals surface area contributed by atoms with Crippen molar-refractivity contribution < 1.29 is 60.6 Å². The number of ether oxygens (including phenoxy) is 4. The van der Waals surface area contributed by atoms with E-state index in [1.54, 1.807) is 0 Å². The van der Waals surface area contributed by atoms with Crippen molar-refractivity contribution in [2.24, 2.45) is 23.7 Å². The van der Waals surface area contributed by atoms with Crippen LogP contribution in [0.4, 0.5) is 19.2 Å². The molecular formula is C80H90MnN12O10. The number of nitrogens with zero attached hydrogens (tertiary/aromatic N) is 8. The number of rotatable bonds is 8. The number of fused-ring (bicyclic) bond motifs is 10. The van der Waals surface area contributed by atoms with Crippen molar-refractivity contribution in [2.45, 2.75) is 218 Å². The fraction of sp³-hybridized carbons (Fsp3) is 0.475. The van der Waals surface area contributed by atoms with Crippen molar-refractivity contribution in [3.8, 4) is 56.0 Å². The van der Waals surface area contributed by atoms with Crippen LogP contribution in [0, 0.1) is 23.7 Å². The first-order valence-corrected chi connectivity index (χ1v) is 37.4. The van der Waals surface area contributed by atoms with Crippen LogP contribution in [0.5, 0.6) is 0 Å². The van der Waals surface area contributed by atoms with E-state index in [9.17, 15) is 19.2 Å². The second-order valence-electron chi connectivity index (χ2n) is 33.7. The molecule has 9 aromatic rings. The predicted octanol–water partition coefficient (Wildman–Crippen LogP) is 17.0. The first-order chi connectivity index (χ1) is 49.0. The summed E-state index contributed by atoms with van der Waals surface area (Å²) in [5.74, 6) is 5.46. The van der Waals surface area contributed by atoms with E-state index in [-0.39, 0.29) is 72.7 Å². The van der Waals surface area contributed by atoms with E-state index in [0.29, 0.717) is 23.7 Å². The maximum absolute atomic E-state index is 13.2. The van der Waals surface area contributed by atoms with Gasteiger partial charge in [-0.15, -0.1) is 0 Å². The van der Waals surface area contributed by atoms with Gasteiger partial charge in [0, 0.05) is 40.8 Å². The predicted molar refractivity (Wildman–Crippen MR) is 382 cm³/mol. The van der Waals surface area contributed by atoms with E-state index in [1.807, 2.05) is 115 Å². The van der Waals surface area contributed by atoms with Crippen molar-refractivity contribution in [3.05, 3.63) is 144 Å². The number of aromatic amines is 4. The second kappa shape index (κ2) is 25.2. The standard InChI is InChI=1S/C40H46N6O4.C40H44N6O4.Mn.2O/c2*1-39(2,3)49-37(47)45-30-16-25(30)18-32(45)35-41-20-29(43-35)22-9-7-21(8-10-22)23-11-13-27-24(15-23)12-14-28-34(27)44-36(42-28)33-19-26-17-31(26)46(33)38(48)50-40(4,5)6;;;/h7-11,13,15,20,25-26,30-33H,12,14,16-19H2,1-6H3,(H,41,43)(H,42,44);7-15,20,25-26,30-33H,16-19H2,1-6H3,(H,41,43)(H,42,44);;;/t2*25-,26-,30-,31-,32+,33+;;;/m11.../s1. The number of H-pyrrole nitrogens is 4. The molecule has 23 heteroatoms. The molecule has 103 heavy (non-hydrogen) atoms. The summed E-state index contributed by atoms with van der Waals surface area (Å²) in [6.07, 6.45) is 12.4. The van der Waals surface area contributed by atoms with E-state index < -0.39 is 37.2 Å². The average molecular weight is 1430 g/mol. The molecule has 0 radical (unpaired) electrons. The minimum atomic E-state index is -1.44. The first kappa shape index (κ1) is 68.1. The van der Waals surface area contributed by atoms with E-state index in [0.717, 1.165) is 165 Å². The third-order valence-electron chi connectivity index (χ3n) is 21.6. The van der Waals surface area contributed by atoms with E-state index in [2.05, 4.69) is 117 Å². The molecule has 4 amide bonds. The summed E-state index contributed by atoms with van der Waals surface area (Å²) >= 11 is -1.44. The van der Waals surface area contributed by atoms with Crippen molar-refractivity contribution in [1.82, 2.24) is 59.5 Å². The van der Waals surface area contributed by atoms with Crippen LogP contribution >= 0.6 is 0 Å². The zero-order valence-electron chi connectivity index (χ0n) is 60.4. The molecule has 9 aliphatic rings. The van der Waals surface area contributed by atoms with Gasteiger partial charge in [-0.1, -0.05) is 84.9 Å². The Labute approximate surface area is 604 Å². The topological polar surface area (TPSA) is 267 Å². The number of aromatic nitrogens is 8. The summed E-state index contributed by atoms with van der Waals surface area (Å²) in [7, 11) is 0. The Hall–Kier alpha value is -9.34. The summed E-state index contributed by atoms with van der Waals surface area (Å²) in [4.78, 5) is 93.9. The van der Waals surface area contributed by atoms with Crippen molar-refractivity contribution >= 4 is 46.2 Å². The number of imidazole rings is 4. The molecule has 8 fully saturated rings. The summed E-state index contributed by atoms with van der Waals surface area (Å²) in [6.45, 7) is 22.9. The first-order valence-electron chi connectivity index (χ1n) is 36.4. The molecule has 537 valence electrons. The molecule has 4 aliphatic heterocycles. The molecule has 4 saturated carbocycles. The molecule has 0 unspecified atom stereocenters. The Balaban J connectivity index is 0.000000153. The van der Waals surface area contributed by atoms with Gasteiger partial charge >= 0.3 is 46.9 Å². The molecule has 5 aromatic carbocycles. The average Bonchev–Trinajstić information content (AvgIpc) is 1.60. The monoisotopic (exact) mass is 1430 g/mol. The molecule has 4 saturated heterocycles. The minimum absolute atomic E-state index is 0.0703. The Morgan fingerprint density at radius 3 is 1.22 bits per heavy atom. The van der Waals surface area contributed by atoms with E-state index in [4.69, 9.17) is 46.6 Å². The van der Waals surface area contributed by atoms with E-state index in [1.165, 1.54) is 11.1 Å². The van der Waals surface area contributed by atoms with Crippen LogP contribution in [0.1, 0.15) is 193 Å². The number of aryl methyl sites for hydroxylation is 2. The van der Waals surface area contributed by atoms with Crippen LogP contribution in [0.3, 0.4) is 0 Å². The SMILES string of the molecule is CC(C)(C)OC(=O)N1[C@@H]2C[C@@H]2C[C@H]1c1ncc(-c2ccc(-c3ccc4c(c3)CCc3[nH]c([C@@H]5C[C@H]6C[C@H]6N5C(=O)OC(C)(C)C)nc3-4)cc2)[nH]1.CC(C)(C)OC(=O)N1[C@@H]2C[C@@H]2C[C@H]1c1ncc(-c2ccc(-c3ccc4c(ccc5[nH]c([C@@H]6C[C@H]7C[C@H]7N6C(=O)OC(C)(C)C)nc54)c3)cc2)[nH]1.[O]=[Mn]=[O]. The van der Waals surface area contributed by atoms with Crippen molar-refractivity contribution in [1.29, 1.82) is 0 Å². The van der Waals surface area contributed by atoms with Gasteiger partial charge in [0.2, 0.25) is 0 Å². The number of hydrogen-bond donors (Lipinski definition) is 4. The van der Waals surface area contributed by atoms with Crippen molar-refractivity contribution in [2.75, 3.05) is 0 Å². The van der Waals surface area contributed by atoms with Crippen LogP contribution in [-0.2, 0) is 54.3 Å². The number of carbonyl (C=O) groups excluding carboxylic acids is 4. The molecule has 22 nitrogen and oxygen atoms in total. The summed E-state index contributed by atoms with van der Waals surface area (Å²) < 4.78 is 39.9. The van der Waals surface area contributed by atoms with Gasteiger partial charge in [-0.3, -0.25) is 19.6 Å². The molecule has 4 N–H and O–H groups in total. The van der Waals surface area contributed by atoms with Crippen LogP contribution in [0.25, 0.3) is 77.8 Å². The van der Waals surface area contributed by atoms with Gasteiger partial charge in [-0.05, 0) is 227 Å². The second-order valence-corrected chi connectivity index (χ2v) is 33.9. The molecule has 12 atom stereocenters. The Kier molecular flexibility index (Phi) is 16.7. The Bertz CT molecular complexity index is 4870. The Morgan fingerprint density at radius 2 is 0.796 bits per heavy atom. The number of hydrogen-bond acceptors (Lipinski definition) is 14. The molecule has 0 bridgehead atoms. The summed E-state index contributed by atoms with van der Waals surface area (Å²) in [5.41, 5.74) is 12.9. The Morgan fingerprint density at radius 1 is 0.417 bits per heavy atom.